The Hall–Kier alpha value is -1.99. The van der Waals surface area contributed by atoms with E-state index in [1.165, 1.54) is 0 Å². The Kier molecular flexibility index (Phi) is 8.38. The molecule has 1 aromatic heterocycles. The number of halogens is 3. The summed E-state index contributed by atoms with van der Waals surface area (Å²) in [5.41, 5.74) is 0. The van der Waals surface area contributed by atoms with Crippen molar-refractivity contribution in [2.75, 3.05) is 37.3 Å². The van der Waals surface area contributed by atoms with Crippen LogP contribution in [0.3, 0.4) is 0 Å². The van der Waals surface area contributed by atoms with E-state index in [-0.39, 0.29) is 11.9 Å². The monoisotopic (exact) mass is 454 g/mol. The maximum atomic E-state index is 12.2. The highest BCUT2D eigenvalue weighted by atomic mass is 32.2. The number of carboxylic acids is 1. The molecular weight excluding hydrogens is 429 g/mol. The third-order valence-corrected chi connectivity index (χ3v) is 6.93. The average molecular weight is 454 g/mol. The standard InChI is InChI=1S/C15H24N4O3S.C2HF3O2/c1-2-8-23(20,21)19-7-4-13-12(10-19)11-22-14(13)9-18-15-16-5-3-6-17-15;3-2(4,5)1(6)7/h3,5-6,12-14H,2,4,7-11H2,1H3,(H,16,17,18);(H,6,7)/t12-,13-,14+;/m1./s1. The van der Waals surface area contributed by atoms with E-state index < -0.39 is 22.2 Å². The zero-order valence-electron chi connectivity index (χ0n) is 16.4. The smallest absolute Gasteiger partial charge is 0.475 e. The molecular formula is C17H25F3N4O5S. The summed E-state index contributed by atoms with van der Waals surface area (Å²) in [5, 5.41) is 10.3. The molecule has 2 aliphatic rings. The van der Waals surface area contributed by atoms with Gasteiger partial charge in [-0.2, -0.15) is 13.2 Å². The zero-order valence-corrected chi connectivity index (χ0v) is 17.2. The van der Waals surface area contributed by atoms with E-state index in [0.717, 1.165) is 6.42 Å². The lowest BCUT2D eigenvalue weighted by Crippen LogP contribution is -2.46. The summed E-state index contributed by atoms with van der Waals surface area (Å²) in [6.45, 7) is 4.38. The predicted octanol–water partition coefficient (Wildman–Crippen LogP) is 1.60. The minimum atomic E-state index is -5.08. The van der Waals surface area contributed by atoms with Crippen molar-refractivity contribution >= 4 is 21.9 Å². The maximum absolute atomic E-state index is 12.2. The summed E-state index contributed by atoms with van der Waals surface area (Å²) in [6, 6.07) is 1.78. The van der Waals surface area contributed by atoms with Crippen LogP contribution < -0.4 is 5.32 Å². The second-order valence-electron chi connectivity index (χ2n) is 7.01. The fourth-order valence-corrected chi connectivity index (χ4v) is 5.06. The third-order valence-electron chi connectivity index (χ3n) is 4.88. The summed E-state index contributed by atoms with van der Waals surface area (Å²) in [7, 11) is -3.10. The summed E-state index contributed by atoms with van der Waals surface area (Å²) < 4.78 is 63.7. The molecule has 0 saturated carbocycles. The highest BCUT2D eigenvalue weighted by molar-refractivity contribution is 7.89. The van der Waals surface area contributed by atoms with Crippen LogP contribution in [0.15, 0.2) is 18.5 Å². The molecule has 3 heterocycles. The summed E-state index contributed by atoms with van der Waals surface area (Å²) in [4.78, 5) is 17.2. The number of alkyl halides is 3. The van der Waals surface area contributed by atoms with E-state index >= 15 is 0 Å². The molecule has 1 aromatic rings. The van der Waals surface area contributed by atoms with Crippen LogP contribution in [0.5, 0.6) is 0 Å². The lowest BCUT2D eigenvalue weighted by Gasteiger charge is -2.34. The average Bonchev–Trinajstić information content (AvgIpc) is 3.09. The van der Waals surface area contributed by atoms with E-state index in [0.29, 0.717) is 50.4 Å². The predicted molar refractivity (Wildman–Crippen MR) is 101 cm³/mol. The number of carbonyl (C=O) groups is 1. The van der Waals surface area contributed by atoms with Gasteiger partial charge in [-0.15, -0.1) is 0 Å². The number of hydrogen-bond acceptors (Lipinski definition) is 7. The molecule has 13 heteroatoms. The van der Waals surface area contributed by atoms with Crippen LogP contribution >= 0.6 is 0 Å². The maximum Gasteiger partial charge on any atom is 0.490 e. The Morgan fingerprint density at radius 2 is 2.00 bits per heavy atom. The number of anilines is 1. The number of fused-ring (bicyclic) bond motifs is 1. The van der Waals surface area contributed by atoms with Crippen molar-refractivity contribution in [1.82, 2.24) is 14.3 Å². The van der Waals surface area contributed by atoms with Gasteiger partial charge in [-0.25, -0.2) is 27.5 Å². The number of ether oxygens (including phenoxy) is 1. The molecule has 0 aliphatic carbocycles. The first kappa shape index (κ1) is 24.3. The fraction of sp³-hybridized carbons (Fsp3) is 0.706. The fourth-order valence-electron chi connectivity index (χ4n) is 3.49. The van der Waals surface area contributed by atoms with Gasteiger partial charge in [-0.3, -0.25) is 0 Å². The number of rotatable bonds is 6. The Morgan fingerprint density at radius 1 is 1.37 bits per heavy atom. The first-order valence-corrected chi connectivity index (χ1v) is 11.1. The van der Waals surface area contributed by atoms with Gasteiger partial charge in [-0.05, 0) is 24.8 Å². The molecule has 0 amide bonds. The quantitative estimate of drug-likeness (QED) is 0.665. The van der Waals surface area contributed by atoms with Crippen molar-refractivity contribution < 1.29 is 36.2 Å². The van der Waals surface area contributed by atoms with Crippen molar-refractivity contribution in [2.24, 2.45) is 11.8 Å². The Labute approximate surface area is 172 Å². The number of sulfonamides is 1. The molecule has 3 atom stereocenters. The van der Waals surface area contributed by atoms with Crippen LogP contribution in [0, 0.1) is 11.8 Å². The number of piperidine rings is 1. The van der Waals surface area contributed by atoms with Crippen LogP contribution in [-0.4, -0.2) is 78.0 Å². The zero-order chi connectivity index (χ0) is 22.4. The van der Waals surface area contributed by atoms with E-state index in [9.17, 15) is 21.6 Å². The lowest BCUT2D eigenvalue weighted by molar-refractivity contribution is -0.192. The molecule has 2 saturated heterocycles. The van der Waals surface area contributed by atoms with Gasteiger partial charge in [0.1, 0.15) is 0 Å². The molecule has 2 N–H and O–H groups in total. The number of nitrogens with zero attached hydrogens (tertiary/aromatic N) is 3. The molecule has 3 rings (SSSR count). The summed E-state index contributed by atoms with van der Waals surface area (Å²) >= 11 is 0. The van der Waals surface area contributed by atoms with Crippen LogP contribution in [0.1, 0.15) is 19.8 Å². The van der Waals surface area contributed by atoms with E-state index in [1.54, 1.807) is 22.8 Å². The van der Waals surface area contributed by atoms with Crippen molar-refractivity contribution in [3.05, 3.63) is 18.5 Å². The number of nitrogens with one attached hydrogen (secondary N) is 1. The lowest BCUT2D eigenvalue weighted by atomic mass is 9.85. The molecule has 9 nitrogen and oxygen atoms in total. The van der Waals surface area contributed by atoms with Crippen molar-refractivity contribution in [2.45, 2.75) is 32.0 Å². The summed E-state index contributed by atoms with van der Waals surface area (Å²) in [5.74, 6) is -1.23. The molecule has 0 unspecified atom stereocenters. The van der Waals surface area contributed by atoms with Gasteiger partial charge >= 0.3 is 12.1 Å². The van der Waals surface area contributed by atoms with Crippen LogP contribution in [0.2, 0.25) is 0 Å². The highest BCUT2D eigenvalue weighted by Crippen LogP contribution is 2.35. The van der Waals surface area contributed by atoms with Crippen LogP contribution in [-0.2, 0) is 19.6 Å². The minimum Gasteiger partial charge on any atom is -0.475 e. The molecule has 2 fully saturated rings. The normalized spacial score (nSPS) is 24.5. The number of hydrogen-bond donors (Lipinski definition) is 2. The molecule has 0 aromatic carbocycles. The Morgan fingerprint density at radius 3 is 2.57 bits per heavy atom. The number of aliphatic carboxylic acids is 1. The van der Waals surface area contributed by atoms with Gasteiger partial charge in [-0.1, -0.05) is 6.92 Å². The first-order valence-electron chi connectivity index (χ1n) is 9.45. The van der Waals surface area contributed by atoms with Crippen molar-refractivity contribution in [3.63, 3.8) is 0 Å². The summed E-state index contributed by atoms with van der Waals surface area (Å²) in [6.07, 6.45) is -0.0715. The largest absolute Gasteiger partial charge is 0.490 e. The van der Waals surface area contributed by atoms with Gasteiger partial charge in [0.05, 0.1) is 18.5 Å². The topological polar surface area (TPSA) is 122 Å². The van der Waals surface area contributed by atoms with Crippen molar-refractivity contribution in [3.8, 4) is 0 Å². The Balaban J connectivity index is 0.000000396. The van der Waals surface area contributed by atoms with Gasteiger partial charge in [0.2, 0.25) is 16.0 Å². The highest BCUT2D eigenvalue weighted by Gasteiger charge is 2.43. The van der Waals surface area contributed by atoms with Gasteiger partial charge in [0, 0.05) is 37.9 Å². The van der Waals surface area contributed by atoms with Gasteiger partial charge in [0.15, 0.2) is 0 Å². The molecule has 0 spiro atoms. The Bertz CT molecular complexity index is 794. The molecule has 0 radical (unpaired) electrons. The van der Waals surface area contributed by atoms with Crippen LogP contribution in [0.25, 0.3) is 0 Å². The van der Waals surface area contributed by atoms with Gasteiger partial charge < -0.3 is 15.2 Å². The van der Waals surface area contributed by atoms with Gasteiger partial charge in [0.25, 0.3) is 0 Å². The minimum absolute atomic E-state index is 0.0971. The third kappa shape index (κ3) is 6.77. The molecule has 170 valence electrons. The molecule has 30 heavy (non-hydrogen) atoms. The first-order chi connectivity index (χ1) is 14.0. The SMILES string of the molecule is CCCS(=O)(=O)N1CC[C@@H]2[C@@H](CO[C@H]2CNc2ncccn2)C1.O=C(O)C(F)(F)F. The number of aromatic nitrogens is 2. The molecule has 2 aliphatic heterocycles. The van der Waals surface area contributed by atoms with E-state index in [2.05, 4.69) is 15.3 Å². The van der Waals surface area contributed by atoms with Crippen LogP contribution in [0.4, 0.5) is 19.1 Å². The second-order valence-corrected chi connectivity index (χ2v) is 9.10. The van der Waals surface area contributed by atoms with Crippen molar-refractivity contribution in [1.29, 1.82) is 0 Å². The molecule has 0 bridgehead atoms. The number of carboxylic acid groups (broad SMARTS) is 1. The van der Waals surface area contributed by atoms with E-state index in [4.69, 9.17) is 14.6 Å². The second kappa shape index (κ2) is 10.4. The van der Waals surface area contributed by atoms with E-state index in [1.807, 2.05) is 6.92 Å².